The predicted molar refractivity (Wildman–Crippen MR) is 114 cm³/mol. The maximum Gasteiger partial charge on any atom is 0.277 e. The lowest BCUT2D eigenvalue weighted by atomic mass is 10.2. The zero-order valence-electron chi connectivity index (χ0n) is 12.5. The molecule has 0 fully saturated rings. The third kappa shape index (κ3) is 5.50. The van der Waals surface area contributed by atoms with E-state index in [0.29, 0.717) is 24.0 Å². The average molecular weight is 610 g/mol. The van der Waals surface area contributed by atoms with E-state index in [1.54, 1.807) is 6.07 Å². The summed E-state index contributed by atoms with van der Waals surface area (Å²) in [4.78, 5) is 11.8. The third-order valence-corrected chi connectivity index (χ3v) is 5.72. The summed E-state index contributed by atoms with van der Waals surface area (Å²) < 4.78 is 6.86. The lowest BCUT2D eigenvalue weighted by Gasteiger charge is -2.09. The Balaban J connectivity index is 2.00. The number of rotatable bonds is 5. The second-order valence-electron chi connectivity index (χ2n) is 4.70. The maximum absolute atomic E-state index is 11.8. The van der Waals surface area contributed by atoms with E-state index >= 15 is 0 Å². The quantitative estimate of drug-likeness (QED) is 0.315. The van der Waals surface area contributed by atoms with Crippen molar-refractivity contribution in [3.05, 3.63) is 52.2 Å². The van der Waals surface area contributed by atoms with Crippen LogP contribution in [0.3, 0.4) is 0 Å². The fourth-order valence-corrected chi connectivity index (χ4v) is 4.97. The molecule has 0 spiro atoms. The summed E-state index contributed by atoms with van der Waals surface area (Å²) in [6.07, 6.45) is 1.36. The van der Waals surface area contributed by atoms with Crippen LogP contribution in [0, 0.1) is 0 Å². The van der Waals surface area contributed by atoms with Gasteiger partial charge in [-0.2, -0.15) is 5.10 Å². The zero-order valence-corrected chi connectivity index (χ0v) is 19.5. The van der Waals surface area contributed by atoms with Gasteiger partial charge in [0.15, 0.2) is 12.4 Å². The molecule has 138 valence electrons. The number of carbonyl (C=O) groups excluding carboxylic acids is 1. The predicted octanol–water partition coefficient (Wildman–Crippen LogP) is 6.17. The Morgan fingerprint density at radius 1 is 1.15 bits per heavy atom. The van der Waals surface area contributed by atoms with E-state index in [4.69, 9.17) is 39.5 Å². The minimum absolute atomic E-state index is 0.0105. The molecule has 0 atom stereocenters. The molecule has 0 radical (unpaired) electrons. The Morgan fingerprint density at radius 2 is 1.77 bits per heavy atom. The fraction of sp³-hybridized carbons (Fsp3) is 0.0667. The number of hydrogen-bond acceptors (Lipinski definition) is 4. The van der Waals surface area contributed by atoms with E-state index in [-0.39, 0.29) is 28.2 Å². The number of benzene rings is 2. The molecule has 0 saturated carbocycles. The normalized spacial score (nSPS) is 11.0. The highest BCUT2D eigenvalue weighted by Crippen LogP contribution is 2.38. The number of nitrogens with one attached hydrogen (secondary N) is 1. The Hall–Kier alpha value is -0.510. The molecule has 0 aliphatic rings. The lowest BCUT2D eigenvalue weighted by molar-refractivity contribution is -0.123. The monoisotopic (exact) mass is 606 g/mol. The van der Waals surface area contributed by atoms with E-state index in [9.17, 15) is 9.90 Å². The van der Waals surface area contributed by atoms with Crippen molar-refractivity contribution < 1.29 is 14.6 Å². The van der Waals surface area contributed by atoms with Gasteiger partial charge in [-0.25, -0.2) is 5.43 Å². The molecule has 2 aromatic rings. The second-order valence-corrected chi connectivity index (χ2v) is 8.45. The Bertz CT molecular complexity index is 871. The summed E-state index contributed by atoms with van der Waals surface area (Å²) in [6.45, 7) is -0.355. The minimum atomic E-state index is -0.531. The highest BCUT2D eigenvalue weighted by Gasteiger charge is 2.13. The Morgan fingerprint density at radius 3 is 2.38 bits per heavy atom. The van der Waals surface area contributed by atoms with Gasteiger partial charge in [0.25, 0.3) is 5.91 Å². The molecule has 0 aliphatic carbocycles. The van der Waals surface area contributed by atoms with Gasteiger partial charge in [0.1, 0.15) is 5.75 Å². The summed E-state index contributed by atoms with van der Waals surface area (Å²) in [5.74, 6) is -0.367. The topological polar surface area (TPSA) is 70.9 Å². The van der Waals surface area contributed by atoms with Crippen molar-refractivity contribution >= 4 is 94.7 Å². The number of halogens is 6. The Labute approximate surface area is 189 Å². The lowest BCUT2D eigenvalue weighted by Crippen LogP contribution is -2.24. The van der Waals surface area contributed by atoms with Crippen LogP contribution in [-0.4, -0.2) is 23.8 Å². The summed E-state index contributed by atoms with van der Waals surface area (Å²) in [5, 5.41) is 14.5. The van der Waals surface area contributed by atoms with Crippen molar-refractivity contribution in [3.8, 4) is 11.5 Å². The second kappa shape index (κ2) is 9.61. The summed E-state index contributed by atoms with van der Waals surface area (Å²) in [7, 11) is 0. The van der Waals surface area contributed by atoms with Gasteiger partial charge in [-0.1, -0.05) is 50.7 Å². The number of carbonyl (C=O) groups is 1. The molecule has 0 unspecified atom stereocenters. The number of ether oxygens (including phenoxy) is 1. The van der Waals surface area contributed by atoms with Crippen LogP contribution in [0.5, 0.6) is 11.5 Å². The van der Waals surface area contributed by atoms with Crippen LogP contribution in [0.15, 0.2) is 36.7 Å². The van der Waals surface area contributed by atoms with E-state index in [2.05, 4.69) is 58.3 Å². The number of amides is 1. The largest absolute Gasteiger partial charge is 0.506 e. The first kappa shape index (κ1) is 21.8. The SMILES string of the molecule is O=C(COc1c(Cl)cc(Cl)cc1Cl)N/N=C\c1c(Br)cc(Br)c(O)c1Br. The van der Waals surface area contributed by atoms with Crippen LogP contribution in [0.1, 0.15) is 5.56 Å². The van der Waals surface area contributed by atoms with Crippen molar-refractivity contribution in [2.45, 2.75) is 0 Å². The van der Waals surface area contributed by atoms with Crippen LogP contribution in [0.2, 0.25) is 15.1 Å². The summed E-state index contributed by atoms with van der Waals surface area (Å²) in [5.41, 5.74) is 2.84. The van der Waals surface area contributed by atoms with Crippen molar-refractivity contribution in [1.82, 2.24) is 5.43 Å². The summed E-state index contributed by atoms with van der Waals surface area (Å²) in [6, 6.07) is 4.56. The van der Waals surface area contributed by atoms with Crippen molar-refractivity contribution in [3.63, 3.8) is 0 Å². The molecule has 0 bridgehead atoms. The van der Waals surface area contributed by atoms with Gasteiger partial charge < -0.3 is 9.84 Å². The smallest absolute Gasteiger partial charge is 0.277 e. The van der Waals surface area contributed by atoms with Crippen molar-refractivity contribution in [2.24, 2.45) is 5.10 Å². The average Bonchev–Trinajstić information content (AvgIpc) is 2.55. The van der Waals surface area contributed by atoms with E-state index in [1.165, 1.54) is 18.3 Å². The number of phenols is 1. The van der Waals surface area contributed by atoms with Gasteiger partial charge in [-0.3, -0.25) is 4.79 Å². The maximum atomic E-state index is 11.8. The fourth-order valence-electron chi connectivity index (χ4n) is 1.72. The van der Waals surface area contributed by atoms with Crippen LogP contribution >= 0.6 is 82.6 Å². The molecule has 0 saturated heterocycles. The number of phenolic OH excluding ortho intramolecular Hbond substituents is 1. The molecule has 0 heterocycles. The molecule has 2 aromatic carbocycles. The molecule has 0 aliphatic heterocycles. The van der Waals surface area contributed by atoms with Crippen LogP contribution < -0.4 is 10.2 Å². The highest BCUT2D eigenvalue weighted by molar-refractivity contribution is 9.11. The van der Waals surface area contributed by atoms with Gasteiger partial charge in [-0.15, -0.1) is 0 Å². The van der Waals surface area contributed by atoms with Crippen LogP contribution in [0.25, 0.3) is 0 Å². The molecular formula is C15H8Br3Cl3N2O3. The van der Waals surface area contributed by atoms with Gasteiger partial charge in [0.2, 0.25) is 0 Å². The first-order valence-corrected chi connectivity index (χ1v) is 10.2. The van der Waals surface area contributed by atoms with E-state index in [0.717, 1.165) is 0 Å². The van der Waals surface area contributed by atoms with Crippen LogP contribution in [0.4, 0.5) is 0 Å². The van der Waals surface area contributed by atoms with E-state index < -0.39 is 5.91 Å². The number of hydrogen-bond donors (Lipinski definition) is 2. The Kier molecular flexibility index (Phi) is 8.06. The number of hydrazone groups is 1. The number of aromatic hydroxyl groups is 1. The first-order valence-electron chi connectivity index (χ1n) is 6.66. The van der Waals surface area contributed by atoms with E-state index in [1.807, 2.05) is 0 Å². The molecular weight excluding hydrogens is 602 g/mol. The van der Waals surface area contributed by atoms with Crippen molar-refractivity contribution in [2.75, 3.05) is 6.61 Å². The molecule has 11 heteroatoms. The molecule has 2 N–H and O–H groups in total. The standard InChI is InChI=1S/C15H8Br3Cl3N2O3/c16-8-3-9(17)14(25)13(18)7(8)4-22-23-12(24)5-26-15-10(20)1-6(19)2-11(15)21/h1-4,25H,5H2,(H,23,24)/b22-4-. The van der Waals surface area contributed by atoms with Gasteiger partial charge in [-0.05, 0) is 50.1 Å². The number of nitrogens with zero attached hydrogens (tertiary/aromatic N) is 1. The third-order valence-electron chi connectivity index (χ3n) is 2.87. The van der Waals surface area contributed by atoms with Gasteiger partial charge in [0, 0.05) is 15.1 Å². The molecule has 1 amide bonds. The van der Waals surface area contributed by atoms with Gasteiger partial charge >= 0.3 is 0 Å². The summed E-state index contributed by atoms with van der Waals surface area (Å²) >= 11 is 27.6. The van der Waals surface area contributed by atoms with Crippen LogP contribution in [-0.2, 0) is 4.79 Å². The molecule has 26 heavy (non-hydrogen) atoms. The highest BCUT2D eigenvalue weighted by atomic mass is 79.9. The minimum Gasteiger partial charge on any atom is -0.506 e. The van der Waals surface area contributed by atoms with Crippen molar-refractivity contribution in [1.29, 1.82) is 0 Å². The molecule has 0 aromatic heterocycles. The first-order chi connectivity index (χ1) is 12.2. The molecule has 5 nitrogen and oxygen atoms in total. The zero-order chi connectivity index (χ0) is 19.4. The van der Waals surface area contributed by atoms with Gasteiger partial charge in [0.05, 0.1) is 25.2 Å². The molecule has 2 rings (SSSR count).